The van der Waals surface area contributed by atoms with E-state index in [9.17, 15) is 0 Å². The van der Waals surface area contributed by atoms with Crippen molar-refractivity contribution in [3.05, 3.63) is 0 Å². The summed E-state index contributed by atoms with van der Waals surface area (Å²) >= 11 is 6.16. The first-order valence-electron chi connectivity index (χ1n) is 6.61. The minimum Gasteiger partial charge on any atom is -0.380 e. The number of rotatable bonds is 7. The summed E-state index contributed by atoms with van der Waals surface area (Å²) in [6.45, 7) is 8.13. The highest BCUT2D eigenvalue weighted by atomic mass is 35.5. The molecule has 3 heteroatoms. The minimum absolute atomic E-state index is 0.415. The second-order valence-corrected chi connectivity index (χ2v) is 5.92. The smallest absolute Gasteiger partial charge is 0.0591 e. The molecule has 2 unspecified atom stereocenters. The third kappa shape index (κ3) is 6.72. The molecule has 16 heavy (non-hydrogen) atoms. The van der Waals surface area contributed by atoms with Gasteiger partial charge in [0.2, 0.25) is 0 Å². The highest BCUT2D eigenvalue weighted by Gasteiger charge is 2.19. The van der Waals surface area contributed by atoms with Crippen molar-refractivity contribution in [2.75, 3.05) is 26.3 Å². The van der Waals surface area contributed by atoms with E-state index in [1.807, 2.05) is 0 Å². The molecule has 0 radical (unpaired) electrons. The van der Waals surface area contributed by atoms with Gasteiger partial charge in [0.1, 0.15) is 0 Å². The van der Waals surface area contributed by atoms with Gasteiger partial charge in [-0.1, -0.05) is 20.3 Å². The SMILES string of the molecule is CC(C)COCCNCC1CCCC(Cl)C1. The van der Waals surface area contributed by atoms with Crippen molar-refractivity contribution in [3.63, 3.8) is 0 Å². The molecule has 1 rings (SSSR count). The van der Waals surface area contributed by atoms with Gasteiger partial charge in [0.25, 0.3) is 0 Å². The monoisotopic (exact) mass is 247 g/mol. The Hall–Kier alpha value is 0.210. The fourth-order valence-corrected chi connectivity index (χ4v) is 2.59. The molecule has 1 saturated carbocycles. The van der Waals surface area contributed by atoms with Gasteiger partial charge in [-0.25, -0.2) is 0 Å². The van der Waals surface area contributed by atoms with Crippen LogP contribution in [0, 0.1) is 11.8 Å². The van der Waals surface area contributed by atoms with E-state index in [0.717, 1.165) is 32.2 Å². The van der Waals surface area contributed by atoms with E-state index in [1.54, 1.807) is 0 Å². The molecule has 0 heterocycles. The molecule has 0 aromatic rings. The van der Waals surface area contributed by atoms with Crippen molar-refractivity contribution in [3.8, 4) is 0 Å². The van der Waals surface area contributed by atoms with Gasteiger partial charge in [-0.3, -0.25) is 0 Å². The number of alkyl halides is 1. The van der Waals surface area contributed by atoms with E-state index >= 15 is 0 Å². The largest absolute Gasteiger partial charge is 0.380 e. The maximum Gasteiger partial charge on any atom is 0.0591 e. The van der Waals surface area contributed by atoms with Crippen LogP contribution in [0.25, 0.3) is 0 Å². The quantitative estimate of drug-likeness (QED) is 0.552. The average Bonchev–Trinajstić information content (AvgIpc) is 2.23. The molecule has 1 fully saturated rings. The summed E-state index contributed by atoms with van der Waals surface area (Å²) in [6, 6.07) is 0. The Bertz CT molecular complexity index is 175. The van der Waals surface area contributed by atoms with Gasteiger partial charge in [-0.2, -0.15) is 0 Å². The lowest BCUT2D eigenvalue weighted by molar-refractivity contribution is 0.111. The van der Waals surface area contributed by atoms with Crippen LogP contribution in [-0.4, -0.2) is 31.7 Å². The van der Waals surface area contributed by atoms with Crippen molar-refractivity contribution in [1.29, 1.82) is 0 Å². The first kappa shape index (κ1) is 14.3. The number of hydrogen-bond donors (Lipinski definition) is 1. The first-order chi connectivity index (χ1) is 7.68. The normalized spacial score (nSPS) is 26.2. The number of nitrogens with one attached hydrogen (secondary N) is 1. The van der Waals surface area contributed by atoms with Crippen LogP contribution < -0.4 is 5.32 Å². The molecule has 2 nitrogen and oxygen atoms in total. The van der Waals surface area contributed by atoms with Crippen molar-refractivity contribution >= 4 is 11.6 Å². The minimum atomic E-state index is 0.415. The summed E-state index contributed by atoms with van der Waals surface area (Å²) in [4.78, 5) is 0. The van der Waals surface area contributed by atoms with Gasteiger partial charge in [0.05, 0.1) is 6.61 Å². The van der Waals surface area contributed by atoms with E-state index in [4.69, 9.17) is 16.3 Å². The molecule has 96 valence electrons. The number of hydrogen-bond acceptors (Lipinski definition) is 2. The standard InChI is InChI=1S/C13H26ClNO/c1-11(2)10-16-7-6-15-9-12-4-3-5-13(14)8-12/h11-13,15H,3-10H2,1-2H3. The van der Waals surface area contributed by atoms with Gasteiger partial charge in [-0.05, 0) is 37.6 Å². The van der Waals surface area contributed by atoms with Crippen LogP contribution in [0.2, 0.25) is 0 Å². The molecule has 0 aromatic carbocycles. The zero-order chi connectivity index (χ0) is 11.8. The Balaban J connectivity index is 1.90. The molecular formula is C13H26ClNO. The Labute approximate surface area is 105 Å². The van der Waals surface area contributed by atoms with Gasteiger partial charge in [0, 0.05) is 18.5 Å². The lowest BCUT2D eigenvalue weighted by atomic mass is 9.89. The Morgan fingerprint density at radius 2 is 2.19 bits per heavy atom. The lowest BCUT2D eigenvalue weighted by Gasteiger charge is -2.25. The molecule has 0 bridgehead atoms. The van der Waals surface area contributed by atoms with E-state index in [2.05, 4.69) is 19.2 Å². The maximum absolute atomic E-state index is 6.16. The van der Waals surface area contributed by atoms with Crippen molar-refractivity contribution in [2.24, 2.45) is 11.8 Å². The van der Waals surface area contributed by atoms with Gasteiger partial charge >= 0.3 is 0 Å². The predicted octanol–water partition coefficient (Wildman–Crippen LogP) is 3.05. The summed E-state index contributed by atoms with van der Waals surface area (Å²) in [6.07, 6.45) is 5.02. The first-order valence-corrected chi connectivity index (χ1v) is 7.04. The summed E-state index contributed by atoms with van der Waals surface area (Å²) in [7, 11) is 0. The van der Waals surface area contributed by atoms with E-state index in [-0.39, 0.29) is 0 Å². The molecule has 1 aliphatic carbocycles. The summed E-state index contributed by atoms with van der Waals surface area (Å²) < 4.78 is 5.52. The molecule has 0 amide bonds. The van der Waals surface area contributed by atoms with Crippen LogP contribution in [0.1, 0.15) is 39.5 Å². The molecule has 1 N–H and O–H groups in total. The van der Waals surface area contributed by atoms with Crippen LogP contribution in [0.3, 0.4) is 0 Å². The molecular weight excluding hydrogens is 222 g/mol. The van der Waals surface area contributed by atoms with Crippen molar-refractivity contribution < 1.29 is 4.74 Å². The second kappa shape index (κ2) is 8.32. The zero-order valence-corrected chi connectivity index (χ0v) is 11.4. The Morgan fingerprint density at radius 3 is 2.88 bits per heavy atom. The van der Waals surface area contributed by atoms with Crippen LogP contribution in [0.4, 0.5) is 0 Å². The topological polar surface area (TPSA) is 21.3 Å². The fraction of sp³-hybridized carbons (Fsp3) is 1.00. The zero-order valence-electron chi connectivity index (χ0n) is 10.7. The second-order valence-electron chi connectivity index (χ2n) is 5.30. The third-order valence-electron chi connectivity index (χ3n) is 3.03. The van der Waals surface area contributed by atoms with Crippen LogP contribution in [0.15, 0.2) is 0 Å². The fourth-order valence-electron chi connectivity index (χ4n) is 2.18. The summed E-state index contributed by atoms with van der Waals surface area (Å²) in [5, 5.41) is 3.88. The Kier molecular flexibility index (Phi) is 7.42. The van der Waals surface area contributed by atoms with Crippen LogP contribution in [0.5, 0.6) is 0 Å². The van der Waals surface area contributed by atoms with E-state index in [0.29, 0.717) is 11.3 Å². The molecule has 1 aliphatic rings. The number of halogens is 1. The van der Waals surface area contributed by atoms with Gasteiger partial charge in [0.15, 0.2) is 0 Å². The van der Waals surface area contributed by atoms with Gasteiger partial charge < -0.3 is 10.1 Å². The molecule has 0 spiro atoms. The van der Waals surface area contributed by atoms with Crippen LogP contribution >= 0.6 is 11.6 Å². The van der Waals surface area contributed by atoms with E-state index < -0.39 is 0 Å². The predicted molar refractivity (Wildman–Crippen MR) is 70.1 cm³/mol. The van der Waals surface area contributed by atoms with Crippen molar-refractivity contribution in [2.45, 2.75) is 44.9 Å². The van der Waals surface area contributed by atoms with Crippen molar-refractivity contribution in [1.82, 2.24) is 5.32 Å². The summed E-state index contributed by atoms with van der Waals surface area (Å²) in [5.41, 5.74) is 0. The highest BCUT2D eigenvalue weighted by Crippen LogP contribution is 2.27. The third-order valence-corrected chi connectivity index (χ3v) is 3.42. The molecule has 0 aliphatic heterocycles. The lowest BCUT2D eigenvalue weighted by Crippen LogP contribution is -2.30. The molecule has 2 atom stereocenters. The molecule has 0 saturated heterocycles. The Morgan fingerprint density at radius 1 is 1.38 bits per heavy atom. The number of ether oxygens (including phenoxy) is 1. The maximum atomic E-state index is 6.16. The van der Waals surface area contributed by atoms with Crippen LogP contribution in [-0.2, 0) is 4.74 Å². The highest BCUT2D eigenvalue weighted by molar-refractivity contribution is 6.20. The van der Waals surface area contributed by atoms with E-state index in [1.165, 1.54) is 25.7 Å². The summed E-state index contributed by atoms with van der Waals surface area (Å²) in [5.74, 6) is 1.41. The average molecular weight is 248 g/mol. The van der Waals surface area contributed by atoms with Gasteiger partial charge in [-0.15, -0.1) is 11.6 Å². The molecule has 0 aromatic heterocycles.